The third kappa shape index (κ3) is 4.31. The van der Waals surface area contributed by atoms with E-state index in [0.29, 0.717) is 26.1 Å². The monoisotopic (exact) mass is 346 g/mol. The van der Waals surface area contributed by atoms with Crippen molar-refractivity contribution in [3.8, 4) is 0 Å². The lowest BCUT2D eigenvalue weighted by Gasteiger charge is -2.46. The van der Waals surface area contributed by atoms with Gasteiger partial charge in [0, 0.05) is 19.6 Å². The number of fused-ring (bicyclic) bond motifs is 1. The molecule has 0 bridgehead atoms. The summed E-state index contributed by atoms with van der Waals surface area (Å²) in [4.78, 5) is 28.4. The maximum absolute atomic E-state index is 12.4. The van der Waals surface area contributed by atoms with Gasteiger partial charge in [0.05, 0.1) is 12.1 Å². The molecule has 2 aliphatic heterocycles. The minimum absolute atomic E-state index is 0.0277. The minimum Gasteiger partial charge on any atom is -0.444 e. The van der Waals surface area contributed by atoms with E-state index >= 15 is 0 Å². The van der Waals surface area contributed by atoms with Gasteiger partial charge >= 0.3 is 6.09 Å². The van der Waals surface area contributed by atoms with Gasteiger partial charge in [-0.1, -0.05) is 30.3 Å². The molecule has 0 aliphatic carbocycles. The van der Waals surface area contributed by atoms with Crippen LogP contribution in [-0.4, -0.2) is 59.2 Å². The lowest BCUT2D eigenvalue weighted by atomic mass is 9.98. The Bertz CT molecular complexity index is 626. The summed E-state index contributed by atoms with van der Waals surface area (Å²) in [6, 6.07) is 9.76. The van der Waals surface area contributed by atoms with Crippen LogP contribution in [0.5, 0.6) is 0 Å². The fraction of sp³-hybridized carbons (Fsp3) is 0.579. The van der Waals surface area contributed by atoms with Gasteiger partial charge in [-0.2, -0.15) is 0 Å². The van der Waals surface area contributed by atoms with Crippen LogP contribution >= 0.6 is 0 Å². The molecule has 1 aromatic carbocycles. The summed E-state index contributed by atoms with van der Waals surface area (Å²) in [5, 5.41) is 0. The molecule has 25 heavy (non-hydrogen) atoms. The predicted molar refractivity (Wildman–Crippen MR) is 92.9 cm³/mol. The highest BCUT2D eigenvalue weighted by Crippen LogP contribution is 2.26. The van der Waals surface area contributed by atoms with E-state index in [9.17, 15) is 9.59 Å². The minimum atomic E-state index is -0.531. The number of ether oxygens (including phenoxy) is 2. The fourth-order valence-electron chi connectivity index (χ4n) is 3.33. The van der Waals surface area contributed by atoms with E-state index < -0.39 is 5.60 Å². The van der Waals surface area contributed by atoms with Gasteiger partial charge in [0.25, 0.3) is 0 Å². The molecule has 2 fully saturated rings. The number of carbonyl (C=O) groups excluding carboxylic acids is 2. The Balaban J connectivity index is 1.73. The molecule has 136 valence electrons. The molecule has 2 heterocycles. The molecule has 3 rings (SSSR count). The van der Waals surface area contributed by atoms with Gasteiger partial charge < -0.3 is 19.3 Å². The van der Waals surface area contributed by atoms with E-state index in [2.05, 4.69) is 0 Å². The summed E-state index contributed by atoms with van der Waals surface area (Å²) in [6.07, 6.45) is 0.353. The molecule has 0 saturated carbocycles. The SMILES string of the molecule is CC(C)(C)OC(=O)N1CC[C@H]2OCC(=O)N(Cc3ccccc3)[C@@H]2C1. The molecule has 0 aromatic heterocycles. The smallest absolute Gasteiger partial charge is 0.410 e. The van der Waals surface area contributed by atoms with E-state index in [1.165, 1.54) is 0 Å². The zero-order chi connectivity index (χ0) is 18.0. The molecule has 6 heteroatoms. The van der Waals surface area contributed by atoms with Crippen molar-refractivity contribution < 1.29 is 19.1 Å². The highest BCUT2D eigenvalue weighted by atomic mass is 16.6. The first kappa shape index (κ1) is 17.7. The Morgan fingerprint density at radius 2 is 2.00 bits per heavy atom. The van der Waals surface area contributed by atoms with Crippen LogP contribution in [0, 0.1) is 0 Å². The quantitative estimate of drug-likeness (QED) is 0.825. The summed E-state index contributed by atoms with van der Waals surface area (Å²) >= 11 is 0. The standard InChI is InChI=1S/C19H26N2O4/c1-19(2,3)25-18(23)20-10-9-16-15(12-20)21(17(22)13-24-16)11-14-7-5-4-6-8-14/h4-8,15-16H,9-13H2,1-3H3/t15-,16-/m1/s1. The molecule has 2 amide bonds. The third-order valence-corrected chi connectivity index (χ3v) is 4.51. The molecular formula is C19H26N2O4. The zero-order valence-electron chi connectivity index (χ0n) is 15.1. The first-order chi connectivity index (χ1) is 11.8. The number of carbonyl (C=O) groups is 2. The van der Waals surface area contributed by atoms with Crippen LogP contribution in [-0.2, 0) is 20.8 Å². The topological polar surface area (TPSA) is 59.1 Å². The first-order valence-electron chi connectivity index (χ1n) is 8.76. The average molecular weight is 346 g/mol. The van der Waals surface area contributed by atoms with Crippen LogP contribution in [0.2, 0.25) is 0 Å². The molecule has 2 atom stereocenters. The molecule has 0 radical (unpaired) electrons. The normalized spacial score (nSPS) is 24.0. The third-order valence-electron chi connectivity index (χ3n) is 4.51. The molecular weight excluding hydrogens is 320 g/mol. The van der Waals surface area contributed by atoms with E-state index in [-0.39, 0.29) is 30.8 Å². The van der Waals surface area contributed by atoms with Crippen molar-refractivity contribution in [3.05, 3.63) is 35.9 Å². The van der Waals surface area contributed by atoms with Crippen LogP contribution < -0.4 is 0 Å². The second kappa shape index (κ2) is 7.04. The summed E-state index contributed by atoms with van der Waals surface area (Å²) in [7, 11) is 0. The number of hydrogen-bond acceptors (Lipinski definition) is 4. The second-order valence-corrected chi connectivity index (χ2v) is 7.64. The number of piperidine rings is 1. The molecule has 2 aliphatic rings. The van der Waals surface area contributed by atoms with Gasteiger partial charge in [-0.3, -0.25) is 4.79 Å². The summed E-state index contributed by atoms with van der Waals surface area (Å²) in [6.45, 7) is 7.24. The highest BCUT2D eigenvalue weighted by molar-refractivity contribution is 5.79. The van der Waals surface area contributed by atoms with Gasteiger partial charge in [-0.05, 0) is 32.8 Å². The Kier molecular flexibility index (Phi) is 4.99. The highest BCUT2D eigenvalue weighted by Gasteiger charge is 2.42. The Labute approximate surface area is 148 Å². The van der Waals surface area contributed by atoms with E-state index in [4.69, 9.17) is 9.47 Å². The number of likely N-dealkylation sites (tertiary alicyclic amines) is 1. The second-order valence-electron chi connectivity index (χ2n) is 7.64. The van der Waals surface area contributed by atoms with Crippen LogP contribution in [0.4, 0.5) is 4.79 Å². The number of morpholine rings is 1. The lowest BCUT2D eigenvalue weighted by Crippen LogP contribution is -2.62. The van der Waals surface area contributed by atoms with Crippen LogP contribution in [0.15, 0.2) is 30.3 Å². The maximum atomic E-state index is 12.4. The molecule has 1 aromatic rings. The Morgan fingerprint density at radius 1 is 1.28 bits per heavy atom. The van der Waals surface area contributed by atoms with Gasteiger partial charge in [-0.25, -0.2) is 4.79 Å². The molecule has 0 spiro atoms. The predicted octanol–water partition coefficient (Wildman–Crippen LogP) is 2.42. The fourth-order valence-corrected chi connectivity index (χ4v) is 3.33. The lowest BCUT2D eigenvalue weighted by molar-refractivity contribution is -0.164. The van der Waals surface area contributed by atoms with Crippen LogP contribution in [0.25, 0.3) is 0 Å². The van der Waals surface area contributed by atoms with Crippen molar-refractivity contribution in [2.45, 2.75) is 51.5 Å². The van der Waals surface area contributed by atoms with Gasteiger partial charge in [-0.15, -0.1) is 0 Å². The van der Waals surface area contributed by atoms with Crippen LogP contribution in [0.3, 0.4) is 0 Å². The summed E-state index contributed by atoms with van der Waals surface area (Å²) < 4.78 is 11.2. The Morgan fingerprint density at radius 3 is 2.68 bits per heavy atom. The van der Waals surface area contributed by atoms with Crippen LogP contribution in [0.1, 0.15) is 32.8 Å². The van der Waals surface area contributed by atoms with Crippen molar-refractivity contribution >= 4 is 12.0 Å². The molecule has 0 N–H and O–H groups in total. The van der Waals surface area contributed by atoms with Crippen molar-refractivity contribution in [1.29, 1.82) is 0 Å². The maximum Gasteiger partial charge on any atom is 0.410 e. The number of hydrogen-bond donors (Lipinski definition) is 0. The largest absolute Gasteiger partial charge is 0.444 e. The van der Waals surface area contributed by atoms with Crippen molar-refractivity contribution in [3.63, 3.8) is 0 Å². The van der Waals surface area contributed by atoms with Gasteiger partial charge in [0.15, 0.2) is 0 Å². The van der Waals surface area contributed by atoms with Gasteiger partial charge in [0.1, 0.15) is 12.2 Å². The Hall–Kier alpha value is -2.08. The molecule has 0 unspecified atom stereocenters. The van der Waals surface area contributed by atoms with E-state index in [1.807, 2.05) is 56.0 Å². The molecule has 6 nitrogen and oxygen atoms in total. The average Bonchev–Trinajstić information content (AvgIpc) is 2.56. The van der Waals surface area contributed by atoms with Crippen molar-refractivity contribution in [2.24, 2.45) is 0 Å². The van der Waals surface area contributed by atoms with E-state index in [1.54, 1.807) is 4.90 Å². The first-order valence-corrected chi connectivity index (χ1v) is 8.76. The van der Waals surface area contributed by atoms with Gasteiger partial charge in [0.2, 0.25) is 5.91 Å². The van der Waals surface area contributed by atoms with E-state index in [0.717, 1.165) is 5.56 Å². The number of rotatable bonds is 2. The summed E-state index contributed by atoms with van der Waals surface area (Å²) in [5.74, 6) is -0.0314. The zero-order valence-corrected chi connectivity index (χ0v) is 15.1. The molecule has 2 saturated heterocycles. The number of nitrogens with zero attached hydrogens (tertiary/aromatic N) is 2. The number of benzene rings is 1. The number of amides is 2. The summed E-state index contributed by atoms with van der Waals surface area (Å²) in [5.41, 5.74) is 0.544. The van der Waals surface area contributed by atoms with Crippen molar-refractivity contribution in [2.75, 3.05) is 19.7 Å². The van der Waals surface area contributed by atoms with Crippen molar-refractivity contribution in [1.82, 2.24) is 9.80 Å².